The highest BCUT2D eigenvalue weighted by atomic mass is 16.6. The third kappa shape index (κ3) is 6.01. The number of amides is 1. The molecule has 2 aromatic carbocycles. The van der Waals surface area contributed by atoms with E-state index in [1.165, 1.54) is 11.1 Å². The van der Waals surface area contributed by atoms with Crippen molar-refractivity contribution >= 4 is 40.3 Å². The van der Waals surface area contributed by atoms with Gasteiger partial charge in [-0.25, -0.2) is 9.78 Å². The number of benzene rings is 2. The van der Waals surface area contributed by atoms with Crippen molar-refractivity contribution < 1.29 is 19.4 Å². The van der Waals surface area contributed by atoms with Crippen molar-refractivity contribution in [3.05, 3.63) is 78.4 Å². The molecule has 0 aliphatic rings. The van der Waals surface area contributed by atoms with Gasteiger partial charge in [-0.1, -0.05) is 0 Å². The highest BCUT2D eigenvalue weighted by Crippen LogP contribution is 2.24. The molecule has 4 aromatic rings. The number of carbonyl (C=O) groups excluding carboxylic acids is 1. The summed E-state index contributed by atoms with van der Waals surface area (Å²) < 4.78 is 5.61. The number of carbonyl (C=O) groups is 2. The number of H-pyrrole nitrogens is 1. The maximum absolute atomic E-state index is 13.1. The molecule has 0 saturated heterocycles. The number of hydrogen-bond donors (Lipinski definition) is 4. The van der Waals surface area contributed by atoms with E-state index in [2.05, 4.69) is 15.0 Å². The molecule has 0 aliphatic heterocycles. The summed E-state index contributed by atoms with van der Waals surface area (Å²) in [5.74, 6) is -0.00997. The quantitative estimate of drug-likeness (QED) is 0.199. The Bertz CT molecular complexity index is 1420. The van der Waals surface area contributed by atoms with E-state index in [0.29, 0.717) is 34.7 Å². The number of anilines is 2. The number of rotatable bonds is 9. The zero-order valence-electron chi connectivity index (χ0n) is 20.4. The maximum atomic E-state index is 13.1. The van der Waals surface area contributed by atoms with E-state index in [9.17, 15) is 14.7 Å². The minimum atomic E-state index is -1.03. The fourth-order valence-electron chi connectivity index (χ4n) is 3.92. The molecule has 0 spiro atoms. The fourth-order valence-corrected chi connectivity index (χ4v) is 3.92. The Kier molecular flexibility index (Phi) is 7.33. The Balaban J connectivity index is 1.50. The molecular formula is C26H27N7O4. The van der Waals surface area contributed by atoms with Crippen molar-refractivity contribution in [1.29, 1.82) is 5.41 Å². The zero-order valence-corrected chi connectivity index (χ0v) is 20.4. The largest absolute Gasteiger partial charge is 0.481 e. The molecule has 1 amide bonds. The number of aromatic amines is 1. The summed E-state index contributed by atoms with van der Waals surface area (Å²) in [5.41, 5.74) is 8.94. The van der Waals surface area contributed by atoms with Gasteiger partial charge < -0.3 is 25.5 Å². The van der Waals surface area contributed by atoms with Crippen LogP contribution in [0.1, 0.15) is 24.7 Å². The molecule has 2 heterocycles. The molecule has 4 rings (SSSR count). The molecule has 1 unspecified atom stereocenters. The van der Waals surface area contributed by atoms with Gasteiger partial charge in [-0.3, -0.25) is 20.1 Å². The van der Waals surface area contributed by atoms with Crippen LogP contribution in [0.4, 0.5) is 16.2 Å². The first-order valence-corrected chi connectivity index (χ1v) is 11.5. The summed E-state index contributed by atoms with van der Waals surface area (Å²) in [6, 6.07) is 15.1. The van der Waals surface area contributed by atoms with Crippen LogP contribution in [-0.4, -0.2) is 51.0 Å². The number of ether oxygens (including phenoxy) is 1. The normalized spacial score (nSPS) is 11.6. The highest BCUT2D eigenvalue weighted by Gasteiger charge is 2.26. The molecule has 11 nitrogen and oxygen atoms in total. The van der Waals surface area contributed by atoms with Gasteiger partial charge in [-0.15, -0.1) is 0 Å². The molecular weight excluding hydrogens is 474 g/mol. The van der Waals surface area contributed by atoms with Crippen LogP contribution >= 0.6 is 0 Å². The second-order valence-corrected chi connectivity index (χ2v) is 8.58. The number of nitrogens with two attached hydrogens (primary N) is 1. The molecule has 0 bridgehead atoms. The number of fused-ring (bicyclic) bond motifs is 1. The minimum absolute atomic E-state index is 0.0166. The topological polar surface area (TPSA) is 162 Å². The van der Waals surface area contributed by atoms with E-state index < -0.39 is 18.1 Å². The summed E-state index contributed by atoms with van der Waals surface area (Å²) in [6.45, 7) is 2.13. The summed E-state index contributed by atoms with van der Waals surface area (Å²) in [4.78, 5) is 39.5. The van der Waals surface area contributed by atoms with Gasteiger partial charge in [0.2, 0.25) is 0 Å². The first-order valence-electron chi connectivity index (χ1n) is 11.5. The molecule has 0 aliphatic carbocycles. The van der Waals surface area contributed by atoms with Gasteiger partial charge in [0.15, 0.2) is 0 Å². The Morgan fingerprint density at radius 3 is 2.57 bits per heavy atom. The van der Waals surface area contributed by atoms with Crippen LogP contribution < -0.4 is 20.3 Å². The van der Waals surface area contributed by atoms with Gasteiger partial charge >= 0.3 is 12.1 Å². The van der Waals surface area contributed by atoms with Crippen molar-refractivity contribution in [3.8, 4) is 5.75 Å². The molecule has 0 radical (unpaired) electrons. The van der Waals surface area contributed by atoms with Gasteiger partial charge in [0.25, 0.3) is 0 Å². The number of aliphatic carboxylic acids is 1. The second kappa shape index (κ2) is 10.8. The standard InChI is InChI=1S/C26H27N7O4/c1-16(12-24(34)35)33(19-4-3-11-29-14-19)26(36)37-20-9-10-21-22(13-20)31-23(30-21)15-32(2)18-7-5-17(6-8-18)25(27)28/h3-11,13-14,16H,12,15H2,1-2H3,(H3,27,28)(H,30,31)(H,34,35). The van der Waals surface area contributed by atoms with Crippen molar-refractivity contribution in [2.45, 2.75) is 25.9 Å². The monoisotopic (exact) mass is 501 g/mol. The van der Waals surface area contributed by atoms with Crippen LogP contribution in [0.2, 0.25) is 0 Å². The van der Waals surface area contributed by atoms with Crippen LogP contribution in [0.3, 0.4) is 0 Å². The van der Waals surface area contributed by atoms with Crippen LogP contribution in [-0.2, 0) is 11.3 Å². The third-order valence-corrected chi connectivity index (χ3v) is 5.75. The number of hydrogen-bond acceptors (Lipinski definition) is 7. The molecule has 0 saturated carbocycles. The molecule has 1 atom stereocenters. The summed E-state index contributed by atoms with van der Waals surface area (Å²) in [7, 11) is 1.93. The van der Waals surface area contributed by atoms with E-state index in [1.807, 2.05) is 24.1 Å². The molecule has 2 aromatic heterocycles. The average Bonchev–Trinajstić information content (AvgIpc) is 3.25. The highest BCUT2D eigenvalue weighted by molar-refractivity contribution is 5.95. The fraction of sp³-hybridized carbons (Fsp3) is 0.192. The number of amidine groups is 1. The van der Waals surface area contributed by atoms with E-state index in [4.69, 9.17) is 15.9 Å². The smallest absolute Gasteiger partial charge is 0.420 e. The number of carboxylic acids is 1. The van der Waals surface area contributed by atoms with E-state index in [1.54, 1.807) is 55.6 Å². The third-order valence-electron chi connectivity index (χ3n) is 5.75. The number of carboxylic acid groups (broad SMARTS) is 1. The van der Waals surface area contributed by atoms with Gasteiger partial charge in [-0.05, 0) is 55.5 Å². The Labute approximate surface area is 213 Å². The van der Waals surface area contributed by atoms with Crippen LogP contribution in [0.15, 0.2) is 67.0 Å². The van der Waals surface area contributed by atoms with E-state index in [0.717, 1.165) is 5.69 Å². The first-order chi connectivity index (χ1) is 17.7. The zero-order chi connectivity index (χ0) is 26.5. The van der Waals surface area contributed by atoms with Crippen LogP contribution in [0.5, 0.6) is 5.75 Å². The van der Waals surface area contributed by atoms with Crippen LogP contribution in [0.25, 0.3) is 11.0 Å². The van der Waals surface area contributed by atoms with Crippen molar-refractivity contribution in [2.75, 3.05) is 16.8 Å². The van der Waals surface area contributed by atoms with Crippen molar-refractivity contribution in [1.82, 2.24) is 15.0 Å². The predicted octanol–water partition coefficient (Wildman–Crippen LogP) is 3.75. The molecule has 190 valence electrons. The number of nitrogen functional groups attached to an aromatic ring is 1. The Morgan fingerprint density at radius 1 is 1.16 bits per heavy atom. The summed E-state index contributed by atoms with van der Waals surface area (Å²) in [6.07, 6.45) is 2.08. The molecule has 0 fully saturated rings. The number of imidazole rings is 1. The number of nitrogens with zero attached hydrogens (tertiary/aromatic N) is 4. The van der Waals surface area contributed by atoms with E-state index in [-0.39, 0.29) is 18.0 Å². The SMILES string of the molecule is CC(CC(=O)O)N(C(=O)Oc1ccc2nc(CN(C)c3ccc(C(=N)N)cc3)[nH]c2c1)c1cccnc1. The average molecular weight is 502 g/mol. The first kappa shape index (κ1) is 25.2. The predicted molar refractivity (Wildman–Crippen MR) is 140 cm³/mol. The molecule has 11 heteroatoms. The molecule has 37 heavy (non-hydrogen) atoms. The van der Waals surface area contributed by atoms with Gasteiger partial charge in [-0.2, -0.15) is 0 Å². The lowest BCUT2D eigenvalue weighted by Crippen LogP contribution is -2.41. The lowest BCUT2D eigenvalue weighted by molar-refractivity contribution is -0.137. The van der Waals surface area contributed by atoms with E-state index >= 15 is 0 Å². The summed E-state index contributed by atoms with van der Waals surface area (Å²) in [5, 5.41) is 16.7. The Hall–Kier alpha value is -4.93. The lowest BCUT2D eigenvalue weighted by atomic mass is 10.2. The number of nitrogens with one attached hydrogen (secondary N) is 2. The number of aromatic nitrogens is 3. The second-order valence-electron chi connectivity index (χ2n) is 8.58. The Morgan fingerprint density at radius 2 is 1.92 bits per heavy atom. The van der Waals surface area contributed by atoms with Crippen molar-refractivity contribution in [3.63, 3.8) is 0 Å². The molecule has 5 N–H and O–H groups in total. The van der Waals surface area contributed by atoms with Crippen LogP contribution in [0, 0.1) is 5.41 Å². The van der Waals surface area contributed by atoms with Gasteiger partial charge in [0.1, 0.15) is 17.4 Å². The maximum Gasteiger partial charge on any atom is 0.420 e. The van der Waals surface area contributed by atoms with Gasteiger partial charge in [0.05, 0.1) is 35.9 Å². The number of pyridine rings is 1. The van der Waals surface area contributed by atoms with Gasteiger partial charge in [0, 0.05) is 36.6 Å². The summed E-state index contributed by atoms with van der Waals surface area (Å²) >= 11 is 0. The minimum Gasteiger partial charge on any atom is -0.481 e. The lowest BCUT2D eigenvalue weighted by Gasteiger charge is -2.27. The van der Waals surface area contributed by atoms with Crippen molar-refractivity contribution in [2.24, 2.45) is 5.73 Å².